The maximum Gasteiger partial charge on any atom is 0.259 e. The van der Waals surface area contributed by atoms with Gasteiger partial charge in [-0.25, -0.2) is 4.99 Å². The van der Waals surface area contributed by atoms with E-state index in [4.69, 9.17) is 23.2 Å². The molecule has 1 unspecified atom stereocenters. The molecule has 1 aromatic carbocycles. The number of nitrogens with one attached hydrogen (secondary N) is 1. The van der Waals surface area contributed by atoms with Gasteiger partial charge in [-0.15, -0.1) is 5.11 Å². The fourth-order valence-electron chi connectivity index (χ4n) is 2.42. The lowest BCUT2D eigenvalue weighted by Gasteiger charge is -2.23. The molecule has 1 amide bonds. The summed E-state index contributed by atoms with van der Waals surface area (Å²) in [6.45, 7) is 1.00. The van der Waals surface area contributed by atoms with Gasteiger partial charge in [-0.05, 0) is 35.0 Å². The van der Waals surface area contributed by atoms with Crippen molar-refractivity contribution >= 4 is 63.5 Å². The summed E-state index contributed by atoms with van der Waals surface area (Å²) in [4.78, 5) is 21.0. The van der Waals surface area contributed by atoms with Gasteiger partial charge in [-0.3, -0.25) is 15.1 Å². The molecule has 0 saturated heterocycles. The number of amides is 1. The van der Waals surface area contributed by atoms with Crippen molar-refractivity contribution in [1.29, 1.82) is 0 Å². The Labute approximate surface area is 168 Å². The lowest BCUT2D eigenvalue weighted by molar-refractivity contribution is -0.122. The number of carbonyl (C=O) groups excluding carboxylic acids is 1. The first-order valence-electron chi connectivity index (χ1n) is 7.70. The Balaban J connectivity index is 1.69. The van der Waals surface area contributed by atoms with Crippen LogP contribution < -0.4 is 5.32 Å². The molecule has 2 heterocycles. The number of nitrogens with zero attached hydrogens (tertiary/aromatic N) is 5. The minimum Gasteiger partial charge on any atom is -0.292 e. The molecule has 0 fully saturated rings. The van der Waals surface area contributed by atoms with Crippen LogP contribution in [0, 0.1) is 0 Å². The van der Waals surface area contributed by atoms with E-state index < -0.39 is 6.04 Å². The predicted molar refractivity (Wildman–Crippen MR) is 107 cm³/mol. The zero-order chi connectivity index (χ0) is 17.8. The highest BCUT2D eigenvalue weighted by Gasteiger charge is 2.39. The fourth-order valence-corrected chi connectivity index (χ4v) is 3.28. The third kappa shape index (κ3) is 4.48. The van der Waals surface area contributed by atoms with Crippen LogP contribution in [0.15, 0.2) is 38.5 Å². The number of hydrogen-bond acceptors (Lipinski definition) is 5. The lowest BCUT2D eigenvalue weighted by Crippen LogP contribution is -2.51. The molecular weight excluding hydrogens is 478 g/mol. The second-order valence-electron chi connectivity index (χ2n) is 5.50. The smallest absolute Gasteiger partial charge is 0.259 e. The number of halogens is 3. The molecule has 7 nitrogen and oxygen atoms in total. The number of guanidine groups is 1. The van der Waals surface area contributed by atoms with E-state index in [9.17, 15) is 4.79 Å². The first kappa shape index (κ1) is 18.5. The van der Waals surface area contributed by atoms with Crippen LogP contribution in [0.3, 0.4) is 0 Å². The molecule has 0 aliphatic carbocycles. The van der Waals surface area contributed by atoms with Crippen LogP contribution in [-0.4, -0.2) is 39.7 Å². The van der Waals surface area contributed by atoms with E-state index in [1.807, 2.05) is 6.07 Å². The van der Waals surface area contributed by atoms with E-state index in [0.29, 0.717) is 29.0 Å². The van der Waals surface area contributed by atoms with Crippen LogP contribution in [-0.2, 0) is 11.3 Å². The van der Waals surface area contributed by atoms with E-state index in [0.717, 1.165) is 22.8 Å². The van der Waals surface area contributed by atoms with Crippen molar-refractivity contribution in [3.05, 3.63) is 33.8 Å². The van der Waals surface area contributed by atoms with Gasteiger partial charge in [-0.2, -0.15) is 4.99 Å². The molecule has 3 rings (SSSR count). The third-order valence-corrected chi connectivity index (χ3v) is 5.18. The van der Waals surface area contributed by atoms with E-state index in [2.05, 4.69) is 48.2 Å². The average molecular weight is 493 g/mol. The first-order chi connectivity index (χ1) is 12.1. The maximum absolute atomic E-state index is 12.4. The second kappa shape index (κ2) is 8.41. The Morgan fingerprint density at radius 3 is 2.88 bits per heavy atom. The number of amidine groups is 1. The monoisotopic (exact) mass is 492 g/mol. The molecular formula is C15H15Cl2IN6O. The summed E-state index contributed by atoms with van der Waals surface area (Å²) in [5.74, 6) is 0.402. The van der Waals surface area contributed by atoms with Gasteiger partial charge >= 0.3 is 0 Å². The summed E-state index contributed by atoms with van der Waals surface area (Å²) < 4.78 is 1.08. The van der Waals surface area contributed by atoms with Gasteiger partial charge in [0.2, 0.25) is 5.96 Å². The van der Waals surface area contributed by atoms with Crippen LogP contribution in [0.2, 0.25) is 10.0 Å². The van der Waals surface area contributed by atoms with Gasteiger partial charge in [0.05, 0.1) is 16.6 Å². The molecule has 10 heteroatoms. The van der Waals surface area contributed by atoms with Crippen molar-refractivity contribution in [3.8, 4) is 0 Å². The quantitative estimate of drug-likeness (QED) is 0.373. The van der Waals surface area contributed by atoms with E-state index >= 15 is 0 Å². The zero-order valence-corrected chi connectivity index (χ0v) is 16.8. The van der Waals surface area contributed by atoms with Crippen molar-refractivity contribution in [2.45, 2.75) is 25.4 Å². The molecule has 1 N–H and O–H groups in total. The Morgan fingerprint density at radius 2 is 2.12 bits per heavy atom. The summed E-state index contributed by atoms with van der Waals surface area (Å²) in [5, 5.41) is 13.4. The number of alkyl halides is 1. The summed E-state index contributed by atoms with van der Waals surface area (Å²) in [7, 11) is 0. The van der Waals surface area contributed by atoms with E-state index in [1.54, 1.807) is 17.1 Å². The minimum atomic E-state index is -0.557. The third-order valence-electron chi connectivity index (χ3n) is 3.67. The molecule has 2 aliphatic rings. The highest BCUT2D eigenvalue weighted by atomic mass is 127. The standard InChI is InChI=1S/C15H15Cl2IN6O/c16-10-4-3-9(7-11(10)17)8-19-15-20-13-12(14(25)21-15)24(23-22-13)6-2-1-5-18/h3-4,7,12H,1-2,5-6,8H2,(H,19,21,25). The van der Waals surface area contributed by atoms with Crippen LogP contribution in [0.25, 0.3) is 0 Å². The fraction of sp³-hybridized carbons (Fsp3) is 0.400. The van der Waals surface area contributed by atoms with Gasteiger partial charge in [0.25, 0.3) is 5.91 Å². The second-order valence-corrected chi connectivity index (χ2v) is 7.39. The Morgan fingerprint density at radius 1 is 1.28 bits per heavy atom. The van der Waals surface area contributed by atoms with Crippen molar-refractivity contribution in [2.24, 2.45) is 20.3 Å². The predicted octanol–water partition coefficient (Wildman–Crippen LogP) is 3.64. The largest absolute Gasteiger partial charge is 0.292 e. The number of benzene rings is 1. The first-order valence-corrected chi connectivity index (χ1v) is 9.98. The lowest BCUT2D eigenvalue weighted by atomic mass is 10.2. The highest BCUT2D eigenvalue weighted by Crippen LogP contribution is 2.23. The zero-order valence-electron chi connectivity index (χ0n) is 13.1. The summed E-state index contributed by atoms with van der Waals surface area (Å²) in [6.07, 6.45) is 2.03. The Hall–Kier alpha value is -1.26. The molecule has 1 atom stereocenters. The van der Waals surface area contributed by atoms with Crippen LogP contribution >= 0.6 is 45.8 Å². The molecule has 1 aromatic rings. The van der Waals surface area contributed by atoms with Gasteiger partial charge in [-0.1, -0.05) is 57.1 Å². The number of rotatable bonds is 6. The topological polar surface area (TPSA) is 81.8 Å². The number of hydrogen-bond donors (Lipinski definition) is 1. The van der Waals surface area contributed by atoms with Crippen LogP contribution in [0.4, 0.5) is 0 Å². The number of aliphatic imine (C=N–C) groups is 2. The average Bonchev–Trinajstić information content (AvgIpc) is 3.00. The molecule has 0 radical (unpaired) electrons. The van der Waals surface area contributed by atoms with E-state index in [-0.39, 0.29) is 11.9 Å². The SMILES string of the molecule is O=C1NC(=NCc2ccc(Cl)c(Cl)c2)N=C2N=NN(CCCCI)C12. The maximum atomic E-state index is 12.4. The summed E-state index contributed by atoms with van der Waals surface area (Å²) >= 11 is 14.2. The minimum absolute atomic E-state index is 0.211. The van der Waals surface area contributed by atoms with Gasteiger partial charge in [0.1, 0.15) is 0 Å². The summed E-state index contributed by atoms with van der Waals surface area (Å²) in [6, 6.07) is 4.71. The van der Waals surface area contributed by atoms with Crippen LogP contribution in [0.5, 0.6) is 0 Å². The molecule has 0 spiro atoms. The molecule has 2 aliphatic heterocycles. The van der Waals surface area contributed by atoms with Crippen LogP contribution in [0.1, 0.15) is 18.4 Å². The van der Waals surface area contributed by atoms with E-state index in [1.165, 1.54) is 0 Å². The number of fused-ring (bicyclic) bond motifs is 1. The molecule has 132 valence electrons. The number of carbonyl (C=O) groups is 1. The summed E-state index contributed by atoms with van der Waals surface area (Å²) in [5.41, 5.74) is 0.868. The molecule has 0 bridgehead atoms. The molecule has 0 saturated carbocycles. The normalized spacial score (nSPS) is 20.7. The van der Waals surface area contributed by atoms with Gasteiger partial charge in [0, 0.05) is 6.54 Å². The Bertz CT molecular complexity index is 766. The molecule has 0 aromatic heterocycles. The van der Waals surface area contributed by atoms with Crippen molar-refractivity contribution in [1.82, 2.24) is 10.3 Å². The van der Waals surface area contributed by atoms with Gasteiger partial charge < -0.3 is 0 Å². The van der Waals surface area contributed by atoms with Crippen molar-refractivity contribution in [2.75, 3.05) is 11.0 Å². The number of unbranched alkanes of at least 4 members (excludes halogenated alkanes) is 1. The molecule has 25 heavy (non-hydrogen) atoms. The Kier molecular flexibility index (Phi) is 6.24. The van der Waals surface area contributed by atoms with Gasteiger partial charge in [0.15, 0.2) is 11.9 Å². The highest BCUT2D eigenvalue weighted by molar-refractivity contribution is 14.1. The van der Waals surface area contributed by atoms with Crippen molar-refractivity contribution in [3.63, 3.8) is 0 Å². The van der Waals surface area contributed by atoms with Crippen molar-refractivity contribution < 1.29 is 4.79 Å².